The van der Waals surface area contributed by atoms with Crippen molar-refractivity contribution in [3.8, 4) is 5.75 Å². The first kappa shape index (κ1) is 23.2. The maximum absolute atomic E-state index is 12.6. The van der Waals surface area contributed by atoms with Crippen LogP contribution in [0.2, 0.25) is 0 Å². The van der Waals surface area contributed by atoms with Gasteiger partial charge in [-0.3, -0.25) is 4.99 Å². The van der Waals surface area contributed by atoms with Crippen molar-refractivity contribution >= 4 is 27.3 Å². The fourth-order valence-electron chi connectivity index (χ4n) is 2.81. The van der Waals surface area contributed by atoms with Gasteiger partial charge in [-0.15, -0.1) is 11.3 Å². The number of hydrogen-bond acceptors (Lipinski definition) is 5. The summed E-state index contributed by atoms with van der Waals surface area (Å²) >= 11 is 1.33. The molecule has 0 aliphatic carbocycles. The molecule has 1 heterocycles. The predicted molar refractivity (Wildman–Crippen MR) is 119 cm³/mol. The third-order valence-electron chi connectivity index (χ3n) is 4.42. The van der Waals surface area contributed by atoms with E-state index in [9.17, 15) is 8.42 Å². The lowest BCUT2D eigenvalue weighted by atomic mass is 10.2. The number of rotatable bonds is 10. The molecule has 2 N–H and O–H groups in total. The van der Waals surface area contributed by atoms with Gasteiger partial charge in [0, 0.05) is 38.1 Å². The number of methoxy groups -OCH3 is 1. The van der Waals surface area contributed by atoms with Crippen LogP contribution in [0.25, 0.3) is 0 Å². The highest BCUT2D eigenvalue weighted by atomic mass is 32.2. The highest BCUT2D eigenvalue weighted by Gasteiger charge is 2.23. The van der Waals surface area contributed by atoms with Crippen molar-refractivity contribution in [3.63, 3.8) is 0 Å². The van der Waals surface area contributed by atoms with E-state index in [1.807, 2.05) is 44.2 Å². The molecular weight excluding hydrogens is 408 g/mol. The van der Waals surface area contributed by atoms with Crippen LogP contribution in [0, 0.1) is 0 Å². The molecule has 0 saturated heterocycles. The van der Waals surface area contributed by atoms with Crippen molar-refractivity contribution in [2.75, 3.05) is 33.8 Å². The summed E-state index contributed by atoms with van der Waals surface area (Å²) in [6.07, 6.45) is 0.721. The summed E-state index contributed by atoms with van der Waals surface area (Å²) in [6, 6.07) is 11.4. The summed E-state index contributed by atoms with van der Waals surface area (Å²) in [5, 5.41) is 6.53. The third kappa shape index (κ3) is 6.45. The van der Waals surface area contributed by atoms with E-state index in [-0.39, 0.29) is 0 Å². The number of guanidine groups is 1. The molecule has 0 fully saturated rings. The van der Waals surface area contributed by atoms with Crippen LogP contribution in [-0.4, -0.2) is 52.5 Å². The predicted octanol–water partition coefficient (Wildman–Crippen LogP) is 2.69. The van der Waals surface area contributed by atoms with Gasteiger partial charge in [0.1, 0.15) is 9.96 Å². The van der Waals surface area contributed by atoms with E-state index in [1.54, 1.807) is 20.2 Å². The van der Waals surface area contributed by atoms with Crippen LogP contribution in [0.3, 0.4) is 0 Å². The van der Waals surface area contributed by atoms with Crippen LogP contribution < -0.4 is 15.4 Å². The van der Waals surface area contributed by atoms with Crippen molar-refractivity contribution in [1.29, 1.82) is 0 Å². The zero-order valence-corrected chi connectivity index (χ0v) is 19.1. The molecule has 0 saturated carbocycles. The molecule has 160 valence electrons. The number of nitrogens with zero attached hydrogens (tertiary/aromatic N) is 2. The van der Waals surface area contributed by atoms with Crippen LogP contribution in [0.5, 0.6) is 5.75 Å². The average molecular weight is 439 g/mol. The second-order valence-electron chi connectivity index (χ2n) is 6.26. The molecule has 2 rings (SSSR count). The summed E-state index contributed by atoms with van der Waals surface area (Å²) in [6.45, 7) is 5.93. The first-order valence-corrected chi connectivity index (χ1v) is 11.9. The standard InChI is InChI=1S/C20H30N4O3S2/c1-5-24(6-2)29(25,26)19-11-10-18(28-19)12-13-22-20(21-3)23-15-16-8-7-9-17(14-16)27-4/h7-11,14H,5-6,12-13,15H2,1-4H3,(H2,21,22,23). The van der Waals surface area contributed by atoms with E-state index in [2.05, 4.69) is 15.6 Å². The van der Waals surface area contributed by atoms with Gasteiger partial charge in [-0.05, 0) is 36.2 Å². The molecule has 0 atom stereocenters. The van der Waals surface area contributed by atoms with Crippen LogP contribution in [-0.2, 0) is 23.0 Å². The lowest BCUT2D eigenvalue weighted by Crippen LogP contribution is -2.37. The highest BCUT2D eigenvalue weighted by molar-refractivity contribution is 7.91. The molecule has 0 amide bonds. The molecule has 1 aromatic carbocycles. The normalized spacial score (nSPS) is 12.2. The Morgan fingerprint density at radius 2 is 1.93 bits per heavy atom. The van der Waals surface area contributed by atoms with E-state index in [4.69, 9.17) is 4.74 Å². The number of hydrogen-bond donors (Lipinski definition) is 2. The monoisotopic (exact) mass is 438 g/mol. The van der Waals surface area contributed by atoms with Gasteiger partial charge in [-0.1, -0.05) is 26.0 Å². The summed E-state index contributed by atoms with van der Waals surface area (Å²) < 4.78 is 32.3. The van der Waals surface area contributed by atoms with Crippen LogP contribution in [0.1, 0.15) is 24.3 Å². The topological polar surface area (TPSA) is 83.0 Å². The first-order valence-electron chi connectivity index (χ1n) is 9.60. The number of aliphatic imine (C=N–C) groups is 1. The average Bonchev–Trinajstić information content (AvgIpc) is 3.21. The van der Waals surface area contributed by atoms with Gasteiger partial charge < -0.3 is 15.4 Å². The molecule has 0 radical (unpaired) electrons. The van der Waals surface area contributed by atoms with Crippen LogP contribution in [0.4, 0.5) is 0 Å². The van der Waals surface area contributed by atoms with Crippen LogP contribution in [0.15, 0.2) is 45.6 Å². The molecule has 0 unspecified atom stereocenters. The Morgan fingerprint density at radius 1 is 1.17 bits per heavy atom. The van der Waals surface area contributed by atoms with Gasteiger partial charge in [-0.2, -0.15) is 4.31 Å². The van der Waals surface area contributed by atoms with Gasteiger partial charge in [0.15, 0.2) is 5.96 Å². The van der Waals surface area contributed by atoms with E-state index in [0.29, 0.717) is 36.3 Å². The minimum absolute atomic E-state index is 0.400. The van der Waals surface area contributed by atoms with E-state index >= 15 is 0 Å². The van der Waals surface area contributed by atoms with Gasteiger partial charge in [0.05, 0.1) is 7.11 Å². The highest BCUT2D eigenvalue weighted by Crippen LogP contribution is 2.25. The molecule has 9 heteroatoms. The van der Waals surface area contributed by atoms with Crippen LogP contribution >= 0.6 is 11.3 Å². The Hall–Kier alpha value is -2.10. The van der Waals surface area contributed by atoms with Crippen molar-refractivity contribution in [2.45, 2.75) is 31.0 Å². The summed E-state index contributed by atoms with van der Waals surface area (Å²) in [5.74, 6) is 1.51. The van der Waals surface area contributed by atoms with Crippen molar-refractivity contribution in [3.05, 3.63) is 46.8 Å². The zero-order valence-electron chi connectivity index (χ0n) is 17.4. The second kappa shape index (κ2) is 11.2. The Kier molecular flexibility index (Phi) is 8.94. The second-order valence-corrected chi connectivity index (χ2v) is 9.60. The fraction of sp³-hybridized carbons (Fsp3) is 0.450. The summed E-state index contributed by atoms with van der Waals surface area (Å²) in [7, 11) is -0.0142. The van der Waals surface area contributed by atoms with Gasteiger partial charge >= 0.3 is 0 Å². The summed E-state index contributed by atoms with van der Waals surface area (Å²) in [4.78, 5) is 5.25. The van der Waals surface area contributed by atoms with Gasteiger partial charge in [0.2, 0.25) is 0 Å². The molecule has 0 aliphatic heterocycles. The van der Waals surface area contributed by atoms with E-state index in [0.717, 1.165) is 22.6 Å². The number of thiophene rings is 1. The van der Waals surface area contributed by atoms with Crippen molar-refractivity contribution in [1.82, 2.24) is 14.9 Å². The molecule has 1 aromatic heterocycles. The van der Waals surface area contributed by atoms with Crippen molar-refractivity contribution < 1.29 is 13.2 Å². The molecule has 29 heavy (non-hydrogen) atoms. The quantitative estimate of drug-likeness (QED) is 0.440. The SMILES string of the molecule is CCN(CC)S(=O)(=O)c1ccc(CCNC(=NC)NCc2cccc(OC)c2)s1. The third-order valence-corrected chi connectivity index (χ3v) is 8.08. The minimum atomic E-state index is -3.39. The molecular formula is C20H30N4O3S2. The Morgan fingerprint density at radius 3 is 2.59 bits per heavy atom. The Balaban J connectivity index is 1.86. The minimum Gasteiger partial charge on any atom is -0.497 e. The lowest BCUT2D eigenvalue weighted by Gasteiger charge is -2.16. The first-order chi connectivity index (χ1) is 13.9. The maximum Gasteiger partial charge on any atom is 0.252 e. The molecule has 7 nitrogen and oxygen atoms in total. The number of nitrogens with one attached hydrogen (secondary N) is 2. The molecule has 0 spiro atoms. The van der Waals surface area contributed by atoms with Crippen molar-refractivity contribution in [2.24, 2.45) is 4.99 Å². The molecule has 0 aliphatic rings. The zero-order chi connectivity index (χ0) is 21.3. The van der Waals surface area contributed by atoms with E-state index < -0.39 is 10.0 Å². The maximum atomic E-state index is 12.6. The van der Waals surface area contributed by atoms with Gasteiger partial charge in [0.25, 0.3) is 10.0 Å². The number of ether oxygens (including phenoxy) is 1. The van der Waals surface area contributed by atoms with Gasteiger partial charge in [-0.25, -0.2) is 8.42 Å². The Labute approximate surface area is 177 Å². The van der Waals surface area contributed by atoms with E-state index in [1.165, 1.54) is 15.6 Å². The summed E-state index contributed by atoms with van der Waals surface area (Å²) in [5.41, 5.74) is 1.09. The lowest BCUT2D eigenvalue weighted by molar-refractivity contribution is 0.414. The largest absolute Gasteiger partial charge is 0.497 e. The fourth-order valence-corrected chi connectivity index (χ4v) is 5.78. The number of benzene rings is 1. The smallest absolute Gasteiger partial charge is 0.252 e. The Bertz CT molecular complexity index is 906. The number of sulfonamides is 1. The molecule has 2 aromatic rings. The molecule has 0 bridgehead atoms.